The van der Waals surface area contributed by atoms with Gasteiger partial charge in [-0.05, 0) is 48.6 Å². The molecule has 2 aromatic rings. The second kappa shape index (κ2) is 6.58. The number of hydrogen-bond donors (Lipinski definition) is 1. The molecule has 0 amide bonds. The fourth-order valence-corrected chi connectivity index (χ4v) is 2.24. The second-order valence-corrected chi connectivity index (χ2v) is 5.62. The molecule has 0 radical (unpaired) electrons. The van der Waals surface area contributed by atoms with Crippen molar-refractivity contribution in [3.63, 3.8) is 0 Å². The normalized spacial score (nSPS) is 12.4. The molecule has 0 fully saturated rings. The van der Waals surface area contributed by atoms with Gasteiger partial charge in [0.15, 0.2) is 0 Å². The van der Waals surface area contributed by atoms with E-state index in [1.807, 2.05) is 37.3 Å². The molecule has 1 unspecified atom stereocenters. The molecule has 1 atom stereocenters. The van der Waals surface area contributed by atoms with Gasteiger partial charge in [0.1, 0.15) is 11.5 Å². The summed E-state index contributed by atoms with van der Waals surface area (Å²) in [7, 11) is 0. The number of para-hydroxylation sites is 1. The zero-order valence-electron chi connectivity index (χ0n) is 12.5. The molecule has 2 aromatic carbocycles. The van der Waals surface area contributed by atoms with Gasteiger partial charge in [-0.15, -0.1) is 0 Å². The fraction of sp³-hybridized carbons (Fsp3) is 0.333. The maximum absolute atomic E-state index is 6.00. The molecule has 0 aromatic heterocycles. The first-order chi connectivity index (χ1) is 9.56. The van der Waals surface area contributed by atoms with Crippen LogP contribution in [-0.4, -0.2) is 6.04 Å². The standard InChI is InChI=1S/C18H23NO/c1-13(2)17-6-4-5-7-18(17)20-16-10-8-15(9-11-16)12-14(3)19/h4-11,13-14H,12,19H2,1-3H3. The van der Waals surface area contributed by atoms with Gasteiger partial charge < -0.3 is 10.5 Å². The Morgan fingerprint density at radius 3 is 2.20 bits per heavy atom. The van der Waals surface area contributed by atoms with Crippen molar-refractivity contribution in [2.75, 3.05) is 0 Å². The summed E-state index contributed by atoms with van der Waals surface area (Å²) in [5.41, 5.74) is 8.28. The van der Waals surface area contributed by atoms with Gasteiger partial charge in [-0.1, -0.05) is 44.2 Å². The van der Waals surface area contributed by atoms with Crippen molar-refractivity contribution in [2.24, 2.45) is 5.73 Å². The summed E-state index contributed by atoms with van der Waals surface area (Å²) in [5, 5.41) is 0. The molecular formula is C18H23NO. The number of hydrogen-bond acceptors (Lipinski definition) is 2. The Bertz CT molecular complexity index is 544. The van der Waals surface area contributed by atoms with Gasteiger partial charge in [-0.25, -0.2) is 0 Å². The molecule has 0 saturated heterocycles. The van der Waals surface area contributed by atoms with Crippen molar-refractivity contribution in [3.8, 4) is 11.5 Å². The third-order valence-corrected chi connectivity index (χ3v) is 3.25. The van der Waals surface area contributed by atoms with Gasteiger partial charge in [0.2, 0.25) is 0 Å². The molecule has 0 spiro atoms. The zero-order chi connectivity index (χ0) is 14.5. The summed E-state index contributed by atoms with van der Waals surface area (Å²) < 4.78 is 6.00. The number of nitrogens with two attached hydrogens (primary N) is 1. The van der Waals surface area contributed by atoms with Crippen LogP contribution in [0.2, 0.25) is 0 Å². The number of rotatable bonds is 5. The van der Waals surface area contributed by atoms with Crippen LogP contribution >= 0.6 is 0 Å². The minimum absolute atomic E-state index is 0.184. The van der Waals surface area contributed by atoms with Crippen LogP contribution in [0.4, 0.5) is 0 Å². The third-order valence-electron chi connectivity index (χ3n) is 3.25. The van der Waals surface area contributed by atoms with Gasteiger partial charge in [-0.3, -0.25) is 0 Å². The summed E-state index contributed by atoms with van der Waals surface area (Å²) in [4.78, 5) is 0. The molecule has 2 N–H and O–H groups in total. The lowest BCUT2D eigenvalue weighted by atomic mass is 10.0. The molecule has 0 bridgehead atoms. The van der Waals surface area contributed by atoms with E-state index in [9.17, 15) is 0 Å². The summed E-state index contributed by atoms with van der Waals surface area (Å²) in [5.74, 6) is 2.25. The Morgan fingerprint density at radius 1 is 0.950 bits per heavy atom. The topological polar surface area (TPSA) is 35.2 Å². The predicted molar refractivity (Wildman–Crippen MR) is 84.4 cm³/mol. The molecule has 0 aliphatic rings. The minimum Gasteiger partial charge on any atom is -0.457 e. The molecular weight excluding hydrogens is 246 g/mol. The van der Waals surface area contributed by atoms with Crippen LogP contribution in [0.5, 0.6) is 11.5 Å². The van der Waals surface area contributed by atoms with Crippen LogP contribution in [0.15, 0.2) is 48.5 Å². The largest absolute Gasteiger partial charge is 0.457 e. The maximum Gasteiger partial charge on any atom is 0.130 e. The van der Waals surface area contributed by atoms with Crippen molar-refractivity contribution in [1.82, 2.24) is 0 Å². The smallest absolute Gasteiger partial charge is 0.130 e. The molecule has 2 rings (SSSR count). The van der Waals surface area contributed by atoms with E-state index >= 15 is 0 Å². The molecule has 0 aliphatic carbocycles. The van der Waals surface area contributed by atoms with Crippen LogP contribution < -0.4 is 10.5 Å². The predicted octanol–water partition coefficient (Wildman–Crippen LogP) is 4.49. The van der Waals surface area contributed by atoms with Gasteiger partial charge in [0.05, 0.1) is 0 Å². The number of ether oxygens (including phenoxy) is 1. The monoisotopic (exact) mass is 269 g/mol. The van der Waals surface area contributed by atoms with Crippen LogP contribution in [0.1, 0.15) is 37.8 Å². The van der Waals surface area contributed by atoms with Crippen molar-refractivity contribution in [1.29, 1.82) is 0 Å². The second-order valence-electron chi connectivity index (χ2n) is 5.62. The highest BCUT2D eigenvalue weighted by Crippen LogP contribution is 2.30. The van der Waals surface area contributed by atoms with Crippen LogP contribution in [-0.2, 0) is 6.42 Å². The average molecular weight is 269 g/mol. The average Bonchev–Trinajstić information content (AvgIpc) is 2.41. The molecule has 2 nitrogen and oxygen atoms in total. The van der Waals surface area contributed by atoms with Crippen LogP contribution in [0.3, 0.4) is 0 Å². The molecule has 2 heteroatoms. The molecule has 0 saturated carbocycles. The fourth-order valence-electron chi connectivity index (χ4n) is 2.24. The highest BCUT2D eigenvalue weighted by Gasteiger charge is 2.08. The first-order valence-electron chi connectivity index (χ1n) is 7.17. The van der Waals surface area contributed by atoms with E-state index in [2.05, 4.69) is 32.0 Å². The lowest BCUT2D eigenvalue weighted by molar-refractivity contribution is 0.473. The Balaban J connectivity index is 2.14. The first kappa shape index (κ1) is 14.6. The quantitative estimate of drug-likeness (QED) is 0.867. The summed E-state index contributed by atoms with van der Waals surface area (Å²) in [6.45, 7) is 6.37. The summed E-state index contributed by atoms with van der Waals surface area (Å²) in [6.07, 6.45) is 0.892. The van der Waals surface area contributed by atoms with E-state index in [0.717, 1.165) is 17.9 Å². The van der Waals surface area contributed by atoms with E-state index in [4.69, 9.17) is 10.5 Å². The first-order valence-corrected chi connectivity index (χ1v) is 7.17. The van der Waals surface area contributed by atoms with Crippen LogP contribution in [0, 0.1) is 0 Å². The SMILES string of the molecule is CC(N)Cc1ccc(Oc2ccccc2C(C)C)cc1. The van der Waals surface area contributed by atoms with E-state index in [1.165, 1.54) is 11.1 Å². The Hall–Kier alpha value is -1.80. The van der Waals surface area contributed by atoms with Crippen molar-refractivity contribution < 1.29 is 4.74 Å². The van der Waals surface area contributed by atoms with Gasteiger partial charge in [-0.2, -0.15) is 0 Å². The van der Waals surface area contributed by atoms with Crippen LogP contribution in [0.25, 0.3) is 0 Å². The highest BCUT2D eigenvalue weighted by atomic mass is 16.5. The molecule has 106 valence electrons. The third kappa shape index (κ3) is 3.84. The van der Waals surface area contributed by atoms with E-state index in [1.54, 1.807) is 0 Å². The van der Waals surface area contributed by atoms with E-state index < -0.39 is 0 Å². The Labute approximate surface area is 121 Å². The van der Waals surface area contributed by atoms with Crippen molar-refractivity contribution >= 4 is 0 Å². The van der Waals surface area contributed by atoms with Crippen molar-refractivity contribution in [3.05, 3.63) is 59.7 Å². The maximum atomic E-state index is 6.00. The van der Waals surface area contributed by atoms with Gasteiger partial charge in [0, 0.05) is 6.04 Å². The lowest BCUT2D eigenvalue weighted by Gasteiger charge is -2.14. The van der Waals surface area contributed by atoms with Gasteiger partial charge >= 0.3 is 0 Å². The van der Waals surface area contributed by atoms with E-state index in [-0.39, 0.29) is 6.04 Å². The molecule has 0 aliphatic heterocycles. The molecule has 0 heterocycles. The molecule has 20 heavy (non-hydrogen) atoms. The summed E-state index contributed by atoms with van der Waals surface area (Å²) >= 11 is 0. The summed E-state index contributed by atoms with van der Waals surface area (Å²) in [6, 6.07) is 16.6. The minimum atomic E-state index is 0.184. The Kier molecular flexibility index (Phi) is 4.80. The Morgan fingerprint density at radius 2 is 1.60 bits per heavy atom. The van der Waals surface area contributed by atoms with Crippen molar-refractivity contribution in [2.45, 2.75) is 39.2 Å². The van der Waals surface area contributed by atoms with Gasteiger partial charge in [0.25, 0.3) is 0 Å². The number of benzene rings is 2. The van der Waals surface area contributed by atoms with E-state index in [0.29, 0.717) is 5.92 Å². The highest BCUT2D eigenvalue weighted by molar-refractivity contribution is 5.40. The zero-order valence-corrected chi connectivity index (χ0v) is 12.5. The lowest BCUT2D eigenvalue weighted by Crippen LogP contribution is -2.17.